The SMILES string of the molecule is CO[C@H]1C(n2cc(-c3csc(N)n3)nn2)[C@H]2OC(c3ccccc3)OCC2O[C@@H]1Sc1ccc(Cl)c(Cl)c1. The Bertz CT molecular complexity index is 1410. The predicted molar refractivity (Wildman–Crippen MR) is 146 cm³/mol. The van der Waals surface area contributed by atoms with Gasteiger partial charge in [0.05, 0.1) is 22.8 Å². The highest BCUT2D eigenvalue weighted by molar-refractivity contribution is 7.99. The van der Waals surface area contributed by atoms with Gasteiger partial charge in [-0.25, -0.2) is 9.67 Å². The molecule has 13 heteroatoms. The molecule has 0 spiro atoms. The van der Waals surface area contributed by atoms with E-state index in [-0.39, 0.29) is 12.1 Å². The number of nitrogens with two attached hydrogens (primary N) is 1. The van der Waals surface area contributed by atoms with Gasteiger partial charge >= 0.3 is 0 Å². The summed E-state index contributed by atoms with van der Waals surface area (Å²) >= 11 is 15.2. The van der Waals surface area contributed by atoms with Crippen LogP contribution in [0.3, 0.4) is 0 Å². The lowest BCUT2D eigenvalue weighted by Crippen LogP contribution is -2.59. The topological polar surface area (TPSA) is 107 Å². The molecule has 2 fully saturated rings. The lowest BCUT2D eigenvalue weighted by Gasteiger charge is -2.48. The van der Waals surface area contributed by atoms with Crippen LogP contribution in [0.2, 0.25) is 10.0 Å². The molecule has 0 saturated carbocycles. The van der Waals surface area contributed by atoms with Crippen molar-refractivity contribution in [2.24, 2.45) is 0 Å². The first kappa shape index (κ1) is 26.0. The van der Waals surface area contributed by atoms with E-state index in [1.165, 1.54) is 23.1 Å². The van der Waals surface area contributed by atoms with Crippen molar-refractivity contribution in [3.63, 3.8) is 0 Å². The highest BCUT2D eigenvalue weighted by Crippen LogP contribution is 2.45. The smallest absolute Gasteiger partial charge is 0.184 e. The minimum absolute atomic E-state index is 0.333. The minimum Gasteiger partial charge on any atom is -0.375 e. The Kier molecular flexibility index (Phi) is 7.61. The fraction of sp³-hybridized carbons (Fsp3) is 0.320. The summed E-state index contributed by atoms with van der Waals surface area (Å²) in [7, 11) is 1.65. The lowest BCUT2D eigenvalue weighted by atomic mass is 9.95. The molecule has 6 rings (SSSR count). The largest absolute Gasteiger partial charge is 0.375 e. The summed E-state index contributed by atoms with van der Waals surface area (Å²) in [5, 5.41) is 12.1. The summed E-state index contributed by atoms with van der Waals surface area (Å²) in [6, 6.07) is 14.9. The van der Waals surface area contributed by atoms with Gasteiger partial charge in [0, 0.05) is 22.9 Å². The van der Waals surface area contributed by atoms with Gasteiger partial charge in [0.2, 0.25) is 0 Å². The molecule has 6 atom stereocenters. The van der Waals surface area contributed by atoms with Crippen LogP contribution in [0.25, 0.3) is 11.4 Å². The quantitative estimate of drug-likeness (QED) is 0.312. The molecular formula is C25H23Cl2N5O4S2. The molecule has 0 amide bonds. The predicted octanol–water partition coefficient (Wildman–Crippen LogP) is 5.48. The van der Waals surface area contributed by atoms with Crippen LogP contribution in [-0.4, -0.2) is 57.4 Å². The van der Waals surface area contributed by atoms with Crippen LogP contribution in [0.4, 0.5) is 5.13 Å². The maximum Gasteiger partial charge on any atom is 0.184 e. The zero-order valence-electron chi connectivity index (χ0n) is 20.0. The standard InChI is InChI=1S/C25H23Cl2N5O4S2/c1-33-22-20(32-10-17(30-31-32)18-12-37-25(28)29-18)21-19(11-34-23(36-21)13-5-3-2-4-6-13)35-24(22)38-14-7-8-15(26)16(27)9-14/h2-10,12,19-24H,11H2,1H3,(H2,28,29)/t19?,20?,21-,22-,23?,24+/m0/s1. The van der Waals surface area contributed by atoms with Gasteiger partial charge in [0.25, 0.3) is 0 Å². The van der Waals surface area contributed by atoms with Crippen LogP contribution in [0, 0.1) is 0 Å². The first-order valence-electron chi connectivity index (χ1n) is 11.8. The molecule has 2 aliphatic rings. The van der Waals surface area contributed by atoms with Crippen LogP contribution in [0.1, 0.15) is 17.9 Å². The Morgan fingerprint density at radius 2 is 1.95 bits per heavy atom. The van der Waals surface area contributed by atoms with Crippen molar-refractivity contribution in [2.75, 3.05) is 19.5 Å². The third-order valence-corrected chi connectivity index (χ3v) is 8.95. The number of nitrogen functional groups attached to an aromatic ring is 1. The number of thiazole rings is 1. The molecule has 0 radical (unpaired) electrons. The molecule has 0 bridgehead atoms. The number of nitrogens with zero attached hydrogens (tertiary/aromatic N) is 4. The Morgan fingerprint density at radius 1 is 1.11 bits per heavy atom. The Morgan fingerprint density at radius 3 is 2.68 bits per heavy atom. The Balaban J connectivity index is 1.35. The van der Waals surface area contributed by atoms with Gasteiger partial charge < -0.3 is 24.7 Å². The van der Waals surface area contributed by atoms with Crippen LogP contribution in [-0.2, 0) is 18.9 Å². The van der Waals surface area contributed by atoms with Crippen molar-refractivity contribution in [2.45, 2.75) is 41.0 Å². The van der Waals surface area contributed by atoms with Gasteiger partial charge in [-0.1, -0.05) is 70.5 Å². The Labute approximate surface area is 237 Å². The Hall–Kier alpha value is -2.22. The molecule has 2 aromatic heterocycles. The molecule has 2 aromatic carbocycles. The van der Waals surface area contributed by atoms with Crippen molar-refractivity contribution in [1.29, 1.82) is 0 Å². The van der Waals surface area contributed by atoms with E-state index in [1.807, 2.05) is 54.0 Å². The normalized spacial score (nSPS) is 27.2. The number of ether oxygens (including phenoxy) is 4. The summed E-state index contributed by atoms with van der Waals surface area (Å²) in [6.45, 7) is 0.333. The molecule has 4 aromatic rings. The number of aromatic nitrogens is 4. The first-order valence-corrected chi connectivity index (χ1v) is 14.3. The van der Waals surface area contributed by atoms with Gasteiger partial charge in [-0.3, -0.25) is 0 Å². The van der Waals surface area contributed by atoms with Crippen molar-refractivity contribution in [1.82, 2.24) is 20.0 Å². The maximum absolute atomic E-state index is 6.53. The van der Waals surface area contributed by atoms with Crippen LogP contribution in [0.15, 0.2) is 65.0 Å². The molecule has 0 aliphatic carbocycles. The fourth-order valence-electron chi connectivity index (χ4n) is 4.62. The second-order valence-corrected chi connectivity index (χ2v) is 11.6. The summed E-state index contributed by atoms with van der Waals surface area (Å²) in [6.07, 6.45) is 0.0147. The monoisotopic (exact) mass is 591 g/mol. The second-order valence-electron chi connectivity index (χ2n) is 8.76. The number of hydrogen-bond donors (Lipinski definition) is 1. The molecule has 2 N–H and O–H groups in total. The summed E-state index contributed by atoms with van der Waals surface area (Å²) in [5.74, 6) is 0. The van der Waals surface area contributed by atoms with Crippen molar-refractivity contribution in [3.05, 3.63) is 75.7 Å². The molecule has 2 saturated heterocycles. The van der Waals surface area contributed by atoms with Crippen LogP contribution < -0.4 is 5.73 Å². The second kappa shape index (κ2) is 11.1. The molecule has 9 nitrogen and oxygen atoms in total. The van der Waals surface area contributed by atoms with E-state index >= 15 is 0 Å². The maximum atomic E-state index is 6.53. The summed E-state index contributed by atoms with van der Waals surface area (Å²) in [5.41, 5.74) is 7.60. The van der Waals surface area contributed by atoms with Crippen LogP contribution in [0.5, 0.6) is 0 Å². The van der Waals surface area contributed by atoms with Gasteiger partial charge in [-0.2, -0.15) is 0 Å². The van der Waals surface area contributed by atoms with Crippen molar-refractivity contribution >= 4 is 51.4 Å². The van der Waals surface area contributed by atoms with Gasteiger partial charge in [0.1, 0.15) is 41.2 Å². The van der Waals surface area contributed by atoms with E-state index in [4.69, 9.17) is 47.9 Å². The zero-order valence-corrected chi connectivity index (χ0v) is 23.2. The van der Waals surface area contributed by atoms with Crippen molar-refractivity contribution < 1.29 is 18.9 Å². The number of rotatable bonds is 6. The molecule has 4 heterocycles. The highest BCUT2D eigenvalue weighted by Gasteiger charge is 2.52. The summed E-state index contributed by atoms with van der Waals surface area (Å²) in [4.78, 5) is 5.23. The van der Waals surface area contributed by atoms with Crippen LogP contribution >= 0.6 is 46.3 Å². The van der Waals surface area contributed by atoms with E-state index in [2.05, 4.69) is 15.3 Å². The lowest BCUT2D eigenvalue weighted by molar-refractivity contribution is -0.308. The van der Waals surface area contributed by atoms with E-state index in [1.54, 1.807) is 17.9 Å². The molecular weight excluding hydrogens is 569 g/mol. The summed E-state index contributed by atoms with van der Waals surface area (Å²) < 4.78 is 27.0. The first-order chi connectivity index (χ1) is 18.5. The number of methoxy groups -OCH3 is 1. The average Bonchev–Trinajstić information content (AvgIpc) is 3.59. The molecule has 198 valence electrons. The van der Waals surface area contributed by atoms with Crippen molar-refractivity contribution in [3.8, 4) is 11.4 Å². The van der Waals surface area contributed by atoms with Gasteiger partial charge in [-0.15, -0.1) is 16.4 Å². The van der Waals surface area contributed by atoms with E-state index in [0.29, 0.717) is 33.2 Å². The number of benzene rings is 2. The van der Waals surface area contributed by atoms with E-state index in [9.17, 15) is 0 Å². The number of thioether (sulfide) groups is 1. The zero-order chi connectivity index (χ0) is 26.2. The molecule has 2 aliphatic heterocycles. The minimum atomic E-state index is -0.554. The number of halogens is 2. The fourth-order valence-corrected chi connectivity index (χ4v) is 6.75. The molecule has 3 unspecified atom stereocenters. The average molecular weight is 593 g/mol. The number of anilines is 1. The number of hydrogen-bond acceptors (Lipinski definition) is 10. The highest BCUT2D eigenvalue weighted by atomic mass is 35.5. The molecule has 38 heavy (non-hydrogen) atoms. The third-order valence-electron chi connectivity index (χ3n) is 6.40. The van der Waals surface area contributed by atoms with Gasteiger partial charge in [-0.05, 0) is 18.2 Å². The third kappa shape index (κ3) is 5.17. The van der Waals surface area contributed by atoms with E-state index < -0.39 is 23.9 Å². The van der Waals surface area contributed by atoms with Gasteiger partial charge in [0.15, 0.2) is 11.4 Å². The van der Waals surface area contributed by atoms with E-state index in [0.717, 1.165) is 10.5 Å². The number of fused-ring (bicyclic) bond motifs is 1.